The zero-order valence-electron chi connectivity index (χ0n) is 12.7. The van der Waals surface area contributed by atoms with Crippen LogP contribution in [0.4, 0.5) is 5.69 Å². The summed E-state index contributed by atoms with van der Waals surface area (Å²) in [4.78, 5) is 16.7. The number of methoxy groups -OCH3 is 1. The van der Waals surface area contributed by atoms with Gasteiger partial charge < -0.3 is 15.4 Å². The lowest BCUT2D eigenvalue weighted by molar-refractivity contribution is 0.0745. The Labute approximate surface area is 129 Å². The Morgan fingerprint density at radius 3 is 2.57 bits per heavy atom. The van der Waals surface area contributed by atoms with Crippen molar-refractivity contribution in [3.8, 4) is 5.75 Å². The lowest BCUT2D eigenvalue weighted by Crippen LogP contribution is -2.29. The first kappa shape index (κ1) is 15.4. The summed E-state index contributed by atoms with van der Waals surface area (Å²) >= 11 is 1.71. The van der Waals surface area contributed by atoms with E-state index < -0.39 is 0 Å². The van der Waals surface area contributed by atoms with Gasteiger partial charge in [0.15, 0.2) is 0 Å². The van der Waals surface area contributed by atoms with E-state index in [1.54, 1.807) is 41.5 Å². The first-order valence-corrected chi connectivity index (χ1v) is 7.52. The van der Waals surface area contributed by atoms with Gasteiger partial charge in [-0.2, -0.15) is 0 Å². The van der Waals surface area contributed by atoms with E-state index in [2.05, 4.69) is 19.1 Å². The maximum Gasteiger partial charge on any atom is 0.254 e. The largest absolute Gasteiger partial charge is 0.495 e. The second-order valence-corrected chi connectivity index (χ2v) is 6.32. The molecule has 0 saturated heterocycles. The standard InChI is InChI=1S/C16H20N2O2S/c1-10-5-8-15(21-10)11(2)18(3)16(19)12-6-7-14(20-4)13(17)9-12/h5-9,11H,17H2,1-4H3. The Bertz CT molecular complexity index is 651. The Kier molecular flexibility index (Phi) is 4.53. The number of carbonyl (C=O) groups is 1. The van der Waals surface area contributed by atoms with Crippen LogP contribution in [0.1, 0.15) is 33.1 Å². The normalized spacial score (nSPS) is 12.0. The van der Waals surface area contributed by atoms with Gasteiger partial charge in [0.2, 0.25) is 0 Å². The molecule has 1 aromatic heterocycles. The Hall–Kier alpha value is -2.01. The van der Waals surface area contributed by atoms with Gasteiger partial charge in [-0.15, -0.1) is 11.3 Å². The minimum Gasteiger partial charge on any atom is -0.495 e. The quantitative estimate of drug-likeness (QED) is 0.880. The number of amides is 1. The summed E-state index contributed by atoms with van der Waals surface area (Å²) in [5.74, 6) is 0.527. The molecule has 21 heavy (non-hydrogen) atoms. The van der Waals surface area contributed by atoms with Gasteiger partial charge >= 0.3 is 0 Å². The Morgan fingerprint density at radius 2 is 2.05 bits per heavy atom. The summed E-state index contributed by atoms with van der Waals surface area (Å²) < 4.78 is 5.11. The molecule has 1 aromatic carbocycles. The smallest absolute Gasteiger partial charge is 0.254 e. The van der Waals surface area contributed by atoms with E-state index in [1.165, 1.54) is 9.75 Å². The van der Waals surface area contributed by atoms with Gasteiger partial charge in [-0.3, -0.25) is 4.79 Å². The van der Waals surface area contributed by atoms with E-state index in [0.717, 1.165) is 0 Å². The molecule has 2 N–H and O–H groups in total. The summed E-state index contributed by atoms with van der Waals surface area (Å²) in [6.45, 7) is 4.09. The van der Waals surface area contributed by atoms with Gasteiger partial charge in [0, 0.05) is 22.4 Å². The van der Waals surface area contributed by atoms with Gasteiger partial charge in [-0.05, 0) is 44.2 Å². The number of thiophene rings is 1. The van der Waals surface area contributed by atoms with E-state index >= 15 is 0 Å². The number of hydrogen-bond acceptors (Lipinski definition) is 4. The minimum atomic E-state index is -0.0529. The molecule has 5 heteroatoms. The molecule has 1 atom stereocenters. The number of rotatable bonds is 4. The van der Waals surface area contributed by atoms with Crippen LogP contribution in [0.3, 0.4) is 0 Å². The molecule has 0 fully saturated rings. The summed E-state index contributed by atoms with van der Waals surface area (Å²) in [7, 11) is 3.36. The molecule has 2 aromatic rings. The minimum absolute atomic E-state index is 0.0273. The molecule has 1 amide bonds. The van der Waals surface area contributed by atoms with Crippen molar-refractivity contribution in [2.45, 2.75) is 19.9 Å². The highest BCUT2D eigenvalue weighted by atomic mass is 32.1. The fourth-order valence-electron chi connectivity index (χ4n) is 2.12. The predicted molar refractivity (Wildman–Crippen MR) is 87.0 cm³/mol. The summed E-state index contributed by atoms with van der Waals surface area (Å²) in [5, 5.41) is 0. The van der Waals surface area contributed by atoms with E-state index in [0.29, 0.717) is 17.0 Å². The van der Waals surface area contributed by atoms with Crippen molar-refractivity contribution >= 4 is 22.9 Å². The molecular formula is C16H20N2O2S. The maximum atomic E-state index is 12.6. The number of benzene rings is 1. The van der Waals surface area contributed by atoms with Crippen molar-refractivity contribution in [3.05, 3.63) is 45.6 Å². The topological polar surface area (TPSA) is 55.6 Å². The average Bonchev–Trinajstić information content (AvgIpc) is 2.91. The molecule has 1 heterocycles. The predicted octanol–water partition coefficient (Wildman–Crippen LogP) is 3.48. The molecule has 1 unspecified atom stereocenters. The summed E-state index contributed by atoms with van der Waals surface area (Å²) in [6, 6.07) is 9.28. The third-order valence-electron chi connectivity index (χ3n) is 3.55. The Morgan fingerprint density at radius 1 is 1.33 bits per heavy atom. The number of ether oxygens (including phenoxy) is 1. The van der Waals surface area contributed by atoms with Crippen molar-refractivity contribution < 1.29 is 9.53 Å². The van der Waals surface area contributed by atoms with E-state index in [4.69, 9.17) is 10.5 Å². The monoisotopic (exact) mass is 304 g/mol. The third-order valence-corrected chi connectivity index (χ3v) is 4.72. The second kappa shape index (κ2) is 6.18. The summed E-state index contributed by atoms with van der Waals surface area (Å²) in [6.07, 6.45) is 0. The first-order chi connectivity index (χ1) is 9.93. The van der Waals surface area contributed by atoms with Gasteiger partial charge in [0.25, 0.3) is 5.91 Å². The van der Waals surface area contributed by atoms with E-state index in [1.807, 2.05) is 14.0 Å². The second-order valence-electron chi connectivity index (χ2n) is 5.00. The van der Waals surface area contributed by atoms with Gasteiger partial charge in [-0.25, -0.2) is 0 Å². The maximum absolute atomic E-state index is 12.6. The number of nitrogen functional groups attached to an aromatic ring is 1. The molecule has 0 bridgehead atoms. The number of nitrogens with zero attached hydrogens (tertiary/aromatic N) is 1. The molecule has 0 radical (unpaired) electrons. The Balaban J connectivity index is 2.20. The van der Waals surface area contributed by atoms with Crippen LogP contribution in [-0.4, -0.2) is 25.0 Å². The van der Waals surface area contributed by atoms with Crippen molar-refractivity contribution in [2.75, 3.05) is 19.9 Å². The van der Waals surface area contributed by atoms with Crippen LogP contribution in [0.2, 0.25) is 0 Å². The number of aryl methyl sites for hydroxylation is 1. The lowest BCUT2D eigenvalue weighted by atomic mass is 10.1. The van der Waals surface area contributed by atoms with Gasteiger partial charge in [0.05, 0.1) is 18.8 Å². The van der Waals surface area contributed by atoms with Crippen molar-refractivity contribution in [1.82, 2.24) is 4.90 Å². The van der Waals surface area contributed by atoms with Crippen molar-refractivity contribution in [2.24, 2.45) is 0 Å². The molecule has 112 valence electrons. The fraction of sp³-hybridized carbons (Fsp3) is 0.312. The number of hydrogen-bond donors (Lipinski definition) is 1. The number of nitrogens with two attached hydrogens (primary N) is 1. The van der Waals surface area contributed by atoms with Crippen LogP contribution >= 0.6 is 11.3 Å². The highest BCUT2D eigenvalue weighted by Crippen LogP contribution is 2.28. The van der Waals surface area contributed by atoms with Crippen LogP contribution in [0.5, 0.6) is 5.75 Å². The first-order valence-electron chi connectivity index (χ1n) is 6.71. The fourth-order valence-corrected chi connectivity index (χ4v) is 3.09. The van der Waals surface area contributed by atoms with Crippen LogP contribution in [0.25, 0.3) is 0 Å². The van der Waals surface area contributed by atoms with Gasteiger partial charge in [0.1, 0.15) is 5.75 Å². The molecular weight excluding hydrogens is 284 g/mol. The van der Waals surface area contributed by atoms with Crippen LogP contribution < -0.4 is 10.5 Å². The molecule has 2 rings (SSSR count). The molecule has 0 spiro atoms. The van der Waals surface area contributed by atoms with Crippen molar-refractivity contribution in [1.29, 1.82) is 0 Å². The van der Waals surface area contributed by atoms with E-state index in [-0.39, 0.29) is 11.9 Å². The van der Waals surface area contributed by atoms with Crippen LogP contribution in [-0.2, 0) is 0 Å². The molecule has 0 aliphatic heterocycles. The average molecular weight is 304 g/mol. The third kappa shape index (κ3) is 3.19. The molecule has 0 saturated carbocycles. The van der Waals surface area contributed by atoms with Crippen LogP contribution in [0, 0.1) is 6.92 Å². The van der Waals surface area contributed by atoms with Gasteiger partial charge in [-0.1, -0.05) is 0 Å². The zero-order chi connectivity index (χ0) is 15.6. The summed E-state index contributed by atoms with van der Waals surface area (Å²) in [5.41, 5.74) is 6.90. The SMILES string of the molecule is COc1ccc(C(=O)N(C)C(C)c2ccc(C)s2)cc1N. The van der Waals surface area contributed by atoms with Crippen LogP contribution in [0.15, 0.2) is 30.3 Å². The zero-order valence-corrected chi connectivity index (χ0v) is 13.5. The molecule has 4 nitrogen and oxygen atoms in total. The lowest BCUT2D eigenvalue weighted by Gasteiger charge is -2.24. The number of anilines is 1. The number of carbonyl (C=O) groups excluding carboxylic acids is 1. The molecule has 0 aliphatic carbocycles. The highest BCUT2D eigenvalue weighted by Gasteiger charge is 2.20. The molecule has 0 aliphatic rings. The van der Waals surface area contributed by atoms with Crippen molar-refractivity contribution in [3.63, 3.8) is 0 Å². The van der Waals surface area contributed by atoms with E-state index in [9.17, 15) is 4.79 Å². The highest BCUT2D eigenvalue weighted by molar-refractivity contribution is 7.12.